The maximum absolute atomic E-state index is 8.51. The van der Waals surface area contributed by atoms with E-state index in [-0.39, 0.29) is 0 Å². The Bertz CT molecular complexity index is 306. The molecule has 0 radical (unpaired) electrons. The molecule has 1 aliphatic heterocycles. The molecule has 0 aliphatic carbocycles. The van der Waals surface area contributed by atoms with Crippen LogP contribution in [0.15, 0.2) is 18.3 Å². The molecule has 0 unspecified atom stereocenters. The first-order valence-corrected chi connectivity index (χ1v) is 3.99. The Labute approximate surface area is 71.0 Å². The fourth-order valence-corrected chi connectivity index (χ4v) is 1.25. The van der Waals surface area contributed by atoms with Gasteiger partial charge in [0.1, 0.15) is 11.8 Å². The Morgan fingerprint density at radius 1 is 1.58 bits per heavy atom. The summed E-state index contributed by atoms with van der Waals surface area (Å²) in [5, 5.41) is 11.8. The van der Waals surface area contributed by atoms with Crippen molar-refractivity contribution in [2.24, 2.45) is 0 Å². The molecule has 12 heavy (non-hydrogen) atoms. The SMILES string of the molecule is N#Cc1ccc([C@@H]2CCN2)cn1. The Hall–Kier alpha value is -1.40. The summed E-state index contributed by atoms with van der Waals surface area (Å²) in [5.41, 5.74) is 1.67. The minimum atomic E-state index is 0.463. The normalized spacial score (nSPS) is 21.1. The Balaban J connectivity index is 2.19. The molecule has 0 amide bonds. The van der Waals surface area contributed by atoms with Crippen LogP contribution in [0.3, 0.4) is 0 Å². The van der Waals surface area contributed by atoms with Gasteiger partial charge in [-0.2, -0.15) is 5.26 Å². The minimum absolute atomic E-state index is 0.463. The number of hydrogen-bond acceptors (Lipinski definition) is 3. The zero-order chi connectivity index (χ0) is 8.39. The number of nitrogens with one attached hydrogen (secondary N) is 1. The van der Waals surface area contributed by atoms with E-state index in [0.717, 1.165) is 6.54 Å². The van der Waals surface area contributed by atoms with Gasteiger partial charge >= 0.3 is 0 Å². The average Bonchev–Trinajstić information content (AvgIpc) is 2.03. The van der Waals surface area contributed by atoms with E-state index < -0.39 is 0 Å². The van der Waals surface area contributed by atoms with Crippen LogP contribution in [0.25, 0.3) is 0 Å². The third-order valence-corrected chi connectivity index (χ3v) is 2.13. The zero-order valence-corrected chi connectivity index (χ0v) is 6.62. The molecule has 2 rings (SSSR count). The lowest BCUT2D eigenvalue weighted by atomic mass is 10.00. The predicted octanol–water partition coefficient (Wildman–Crippen LogP) is 0.988. The molecule has 2 heterocycles. The first kappa shape index (κ1) is 7.26. The summed E-state index contributed by atoms with van der Waals surface area (Å²) < 4.78 is 0. The highest BCUT2D eigenvalue weighted by Gasteiger charge is 2.18. The van der Waals surface area contributed by atoms with Gasteiger partial charge in [-0.05, 0) is 24.6 Å². The van der Waals surface area contributed by atoms with Gasteiger partial charge in [0.25, 0.3) is 0 Å². The zero-order valence-electron chi connectivity index (χ0n) is 6.62. The standard InChI is InChI=1S/C9H9N3/c10-5-8-2-1-7(6-12-8)9-3-4-11-9/h1-2,6,9,11H,3-4H2/t9-/m0/s1. The molecule has 1 fully saturated rings. The molecule has 3 heteroatoms. The van der Waals surface area contributed by atoms with Crippen LogP contribution in [0.1, 0.15) is 23.7 Å². The van der Waals surface area contributed by atoms with E-state index in [1.54, 1.807) is 12.3 Å². The van der Waals surface area contributed by atoms with Crippen molar-refractivity contribution in [3.8, 4) is 6.07 Å². The smallest absolute Gasteiger partial charge is 0.140 e. The van der Waals surface area contributed by atoms with E-state index in [2.05, 4.69) is 10.3 Å². The molecule has 1 aromatic heterocycles. The monoisotopic (exact) mass is 159 g/mol. The summed E-state index contributed by atoms with van der Waals surface area (Å²) in [5.74, 6) is 0. The lowest BCUT2D eigenvalue weighted by Crippen LogP contribution is -2.34. The van der Waals surface area contributed by atoms with Gasteiger partial charge in [-0.3, -0.25) is 0 Å². The highest BCUT2D eigenvalue weighted by molar-refractivity contribution is 5.25. The Morgan fingerprint density at radius 2 is 2.42 bits per heavy atom. The van der Waals surface area contributed by atoms with Crippen LogP contribution >= 0.6 is 0 Å². The molecular weight excluding hydrogens is 150 g/mol. The number of nitriles is 1. The van der Waals surface area contributed by atoms with Crippen LogP contribution in [0, 0.1) is 11.3 Å². The fraction of sp³-hybridized carbons (Fsp3) is 0.333. The van der Waals surface area contributed by atoms with Crippen molar-refractivity contribution in [1.29, 1.82) is 5.26 Å². The number of rotatable bonds is 1. The van der Waals surface area contributed by atoms with Crippen LogP contribution in [-0.2, 0) is 0 Å². The van der Waals surface area contributed by atoms with Gasteiger partial charge in [-0.1, -0.05) is 6.07 Å². The molecule has 1 aromatic rings. The van der Waals surface area contributed by atoms with E-state index >= 15 is 0 Å². The van der Waals surface area contributed by atoms with Crippen molar-refractivity contribution in [2.75, 3.05) is 6.54 Å². The summed E-state index contributed by atoms with van der Waals surface area (Å²) in [4.78, 5) is 4.00. The number of pyridine rings is 1. The predicted molar refractivity (Wildman–Crippen MR) is 44.3 cm³/mol. The van der Waals surface area contributed by atoms with Gasteiger partial charge in [-0.15, -0.1) is 0 Å². The quantitative estimate of drug-likeness (QED) is 0.664. The van der Waals surface area contributed by atoms with Gasteiger partial charge in [0, 0.05) is 12.2 Å². The Morgan fingerprint density at radius 3 is 2.83 bits per heavy atom. The van der Waals surface area contributed by atoms with Gasteiger partial charge in [0.2, 0.25) is 0 Å². The summed E-state index contributed by atoms with van der Waals surface area (Å²) in [6.45, 7) is 1.09. The first-order valence-electron chi connectivity index (χ1n) is 3.99. The first-order chi connectivity index (χ1) is 5.90. The second-order valence-electron chi connectivity index (χ2n) is 2.88. The molecule has 0 aromatic carbocycles. The molecule has 1 aliphatic rings. The highest BCUT2D eigenvalue weighted by Crippen LogP contribution is 2.21. The van der Waals surface area contributed by atoms with Crippen LogP contribution in [0.5, 0.6) is 0 Å². The molecule has 0 bridgehead atoms. The summed E-state index contributed by atoms with van der Waals surface area (Å²) in [6.07, 6.45) is 2.95. The van der Waals surface area contributed by atoms with E-state index in [1.165, 1.54) is 12.0 Å². The lowest BCUT2D eigenvalue weighted by molar-refractivity contribution is 0.382. The van der Waals surface area contributed by atoms with Crippen molar-refractivity contribution in [3.05, 3.63) is 29.6 Å². The minimum Gasteiger partial charge on any atom is -0.310 e. The molecule has 0 spiro atoms. The van der Waals surface area contributed by atoms with E-state index in [9.17, 15) is 0 Å². The fourth-order valence-electron chi connectivity index (χ4n) is 1.25. The number of aromatic nitrogens is 1. The molecule has 3 nitrogen and oxygen atoms in total. The largest absolute Gasteiger partial charge is 0.310 e. The van der Waals surface area contributed by atoms with Crippen molar-refractivity contribution in [1.82, 2.24) is 10.3 Å². The van der Waals surface area contributed by atoms with Gasteiger partial charge in [0.05, 0.1) is 0 Å². The van der Waals surface area contributed by atoms with E-state index in [4.69, 9.17) is 5.26 Å². The van der Waals surface area contributed by atoms with Gasteiger partial charge in [0.15, 0.2) is 0 Å². The summed E-state index contributed by atoms with van der Waals surface area (Å²) in [6, 6.07) is 6.18. The van der Waals surface area contributed by atoms with E-state index in [0.29, 0.717) is 11.7 Å². The van der Waals surface area contributed by atoms with Gasteiger partial charge < -0.3 is 5.32 Å². The summed E-state index contributed by atoms with van der Waals surface area (Å²) in [7, 11) is 0. The highest BCUT2D eigenvalue weighted by atomic mass is 15.0. The second-order valence-corrected chi connectivity index (χ2v) is 2.88. The Kier molecular flexibility index (Phi) is 1.77. The van der Waals surface area contributed by atoms with E-state index in [1.807, 2.05) is 12.1 Å². The second kappa shape index (κ2) is 2.92. The average molecular weight is 159 g/mol. The van der Waals surface area contributed by atoms with Crippen molar-refractivity contribution >= 4 is 0 Å². The van der Waals surface area contributed by atoms with Gasteiger partial charge in [-0.25, -0.2) is 4.98 Å². The third-order valence-electron chi connectivity index (χ3n) is 2.13. The van der Waals surface area contributed by atoms with Crippen LogP contribution in [0.2, 0.25) is 0 Å². The molecule has 0 saturated carbocycles. The molecule has 1 atom stereocenters. The molecular formula is C9H9N3. The van der Waals surface area contributed by atoms with Crippen LogP contribution < -0.4 is 5.32 Å². The topological polar surface area (TPSA) is 48.7 Å². The number of nitrogens with zero attached hydrogens (tertiary/aromatic N) is 2. The molecule has 1 saturated heterocycles. The van der Waals surface area contributed by atoms with Crippen LogP contribution in [0.4, 0.5) is 0 Å². The maximum atomic E-state index is 8.51. The van der Waals surface area contributed by atoms with Crippen molar-refractivity contribution in [3.63, 3.8) is 0 Å². The number of hydrogen-bond donors (Lipinski definition) is 1. The lowest BCUT2D eigenvalue weighted by Gasteiger charge is -2.27. The van der Waals surface area contributed by atoms with Crippen LogP contribution in [-0.4, -0.2) is 11.5 Å². The molecule has 60 valence electrons. The third kappa shape index (κ3) is 1.17. The van der Waals surface area contributed by atoms with Crippen molar-refractivity contribution in [2.45, 2.75) is 12.5 Å². The molecule has 1 N–H and O–H groups in total. The maximum Gasteiger partial charge on any atom is 0.140 e. The summed E-state index contributed by atoms with van der Waals surface area (Å²) >= 11 is 0. The van der Waals surface area contributed by atoms with Crippen molar-refractivity contribution < 1.29 is 0 Å².